The van der Waals surface area contributed by atoms with Crippen molar-refractivity contribution in [3.05, 3.63) is 0 Å². The lowest BCUT2D eigenvalue weighted by atomic mass is 10.1. The molecule has 1 fully saturated rings. The summed E-state index contributed by atoms with van der Waals surface area (Å²) in [6.07, 6.45) is 4.70. The van der Waals surface area contributed by atoms with Crippen molar-refractivity contribution in [1.82, 2.24) is 5.01 Å². The van der Waals surface area contributed by atoms with Crippen LogP contribution >= 0.6 is 0 Å². The van der Waals surface area contributed by atoms with Crippen LogP contribution in [0.15, 0.2) is 0 Å². The average Bonchev–Trinajstić information content (AvgIpc) is 2.19. The summed E-state index contributed by atoms with van der Waals surface area (Å²) in [7, 11) is -0.898. The summed E-state index contributed by atoms with van der Waals surface area (Å²) in [4.78, 5) is 0. The maximum atomic E-state index is 6.14. The van der Waals surface area contributed by atoms with Crippen molar-refractivity contribution in [3.63, 3.8) is 0 Å². The Morgan fingerprint density at radius 2 is 2.14 bits per heavy atom. The molecule has 0 aromatic heterocycles. The molecule has 1 unspecified atom stereocenters. The van der Waals surface area contributed by atoms with Crippen molar-refractivity contribution in [2.75, 3.05) is 13.2 Å². The minimum absolute atomic E-state index is 0.0613. The molecular weight excluding hydrogens is 192 g/mol. The highest BCUT2D eigenvalue weighted by atomic mass is 28.3. The van der Waals surface area contributed by atoms with Crippen LogP contribution in [-0.2, 0) is 4.74 Å². The number of hydrogen-bond donors (Lipinski definition) is 1. The van der Waals surface area contributed by atoms with Crippen LogP contribution in [-0.4, -0.2) is 32.3 Å². The van der Waals surface area contributed by atoms with Gasteiger partial charge in [-0.15, -0.1) is 0 Å². The van der Waals surface area contributed by atoms with E-state index in [1.165, 1.54) is 12.8 Å². The molecule has 2 N–H and O–H groups in total. The van der Waals surface area contributed by atoms with Crippen LogP contribution in [0.5, 0.6) is 0 Å². The zero-order chi connectivity index (χ0) is 10.6. The molecule has 4 heteroatoms. The van der Waals surface area contributed by atoms with Crippen LogP contribution in [0.2, 0.25) is 13.1 Å². The normalized spacial score (nSPS) is 28.7. The second-order valence-corrected chi connectivity index (χ2v) is 7.71. The summed E-state index contributed by atoms with van der Waals surface area (Å²) in [5.74, 6) is 6.14. The highest BCUT2D eigenvalue weighted by Crippen LogP contribution is 2.29. The predicted molar refractivity (Wildman–Crippen MR) is 62.6 cm³/mol. The van der Waals surface area contributed by atoms with Gasteiger partial charge in [0.2, 0.25) is 0 Å². The summed E-state index contributed by atoms with van der Waals surface area (Å²) >= 11 is 0. The SMILES string of the molecule is CCCN(N)C1([SiH](C)C)CCCCO1. The monoisotopic (exact) mass is 216 g/mol. The Kier molecular flexibility index (Phi) is 4.57. The Morgan fingerprint density at radius 1 is 1.43 bits per heavy atom. The molecule has 0 bridgehead atoms. The molecule has 0 aromatic carbocycles. The van der Waals surface area contributed by atoms with Gasteiger partial charge in [-0.05, 0) is 25.7 Å². The van der Waals surface area contributed by atoms with Crippen molar-refractivity contribution in [2.45, 2.75) is 51.0 Å². The Hall–Kier alpha value is 0.0969. The molecule has 3 nitrogen and oxygen atoms in total. The van der Waals surface area contributed by atoms with Crippen LogP contribution < -0.4 is 5.84 Å². The van der Waals surface area contributed by atoms with Gasteiger partial charge in [0, 0.05) is 13.2 Å². The molecule has 0 aromatic rings. The van der Waals surface area contributed by atoms with E-state index in [2.05, 4.69) is 20.0 Å². The van der Waals surface area contributed by atoms with Crippen LogP contribution in [0.3, 0.4) is 0 Å². The lowest BCUT2D eigenvalue weighted by Crippen LogP contribution is -2.63. The standard InChI is InChI=1S/C10H24N2OSi/c1-4-8-12(11)10(14(2)3)7-5-6-9-13-10/h14H,4-9,11H2,1-3H3. The summed E-state index contributed by atoms with van der Waals surface area (Å²) < 4.78 is 6.00. The van der Waals surface area contributed by atoms with Crippen molar-refractivity contribution < 1.29 is 4.74 Å². The number of nitrogens with zero attached hydrogens (tertiary/aromatic N) is 1. The first-order chi connectivity index (χ1) is 6.63. The molecule has 84 valence electrons. The number of nitrogens with two attached hydrogens (primary N) is 1. The third kappa shape index (κ3) is 2.37. The van der Waals surface area contributed by atoms with Gasteiger partial charge < -0.3 is 4.74 Å². The molecule has 1 heterocycles. The summed E-state index contributed by atoms with van der Waals surface area (Å²) in [5.41, 5.74) is 0. The van der Waals surface area contributed by atoms with E-state index < -0.39 is 8.80 Å². The Labute approximate surface area is 89.2 Å². The van der Waals surface area contributed by atoms with Gasteiger partial charge >= 0.3 is 0 Å². The van der Waals surface area contributed by atoms with Crippen LogP contribution in [0.1, 0.15) is 32.6 Å². The number of ether oxygens (including phenoxy) is 1. The van der Waals surface area contributed by atoms with Crippen molar-refractivity contribution >= 4 is 8.80 Å². The van der Waals surface area contributed by atoms with Crippen molar-refractivity contribution in [3.8, 4) is 0 Å². The number of rotatable bonds is 4. The van der Waals surface area contributed by atoms with Gasteiger partial charge in [0.25, 0.3) is 0 Å². The fraction of sp³-hybridized carbons (Fsp3) is 1.00. The minimum Gasteiger partial charge on any atom is -0.363 e. The van der Waals surface area contributed by atoms with E-state index in [4.69, 9.17) is 10.6 Å². The molecule has 14 heavy (non-hydrogen) atoms. The highest BCUT2D eigenvalue weighted by molar-refractivity contribution is 6.59. The van der Waals surface area contributed by atoms with Crippen LogP contribution in [0.4, 0.5) is 0 Å². The van der Waals surface area contributed by atoms with Gasteiger partial charge in [-0.25, -0.2) is 5.01 Å². The third-order valence-corrected chi connectivity index (χ3v) is 5.73. The first-order valence-electron chi connectivity index (χ1n) is 5.79. The summed E-state index contributed by atoms with van der Waals surface area (Å²) in [6.45, 7) is 8.67. The second kappa shape index (κ2) is 5.26. The maximum Gasteiger partial charge on any atom is 0.115 e. The summed E-state index contributed by atoms with van der Waals surface area (Å²) in [6, 6.07) is 0. The largest absolute Gasteiger partial charge is 0.363 e. The third-order valence-electron chi connectivity index (χ3n) is 3.13. The Bertz CT molecular complexity index is 170. The maximum absolute atomic E-state index is 6.14. The van der Waals surface area contributed by atoms with Gasteiger partial charge in [0.1, 0.15) is 5.35 Å². The van der Waals surface area contributed by atoms with Gasteiger partial charge in [-0.1, -0.05) is 20.0 Å². The van der Waals surface area contributed by atoms with Crippen molar-refractivity contribution in [2.24, 2.45) is 5.84 Å². The van der Waals surface area contributed by atoms with E-state index in [1.807, 2.05) is 5.01 Å². The second-order valence-electron chi connectivity index (χ2n) is 4.50. The zero-order valence-corrected chi connectivity index (χ0v) is 10.9. The predicted octanol–water partition coefficient (Wildman–Crippen LogP) is 1.49. The topological polar surface area (TPSA) is 38.5 Å². The van der Waals surface area contributed by atoms with Crippen LogP contribution in [0, 0.1) is 0 Å². The van der Waals surface area contributed by atoms with E-state index in [0.717, 1.165) is 26.0 Å². The molecule has 0 saturated carbocycles. The van der Waals surface area contributed by atoms with Crippen LogP contribution in [0.25, 0.3) is 0 Å². The van der Waals surface area contributed by atoms with Gasteiger partial charge in [-0.2, -0.15) is 0 Å². The Balaban J connectivity index is 2.69. The lowest BCUT2D eigenvalue weighted by Gasteiger charge is -2.46. The smallest absolute Gasteiger partial charge is 0.115 e. The Morgan fingerprint density at radius 3 is 2.57 bits per heavy atom. The number of hydrazine groups is 1. The first-order valence-corrected chi connectivity index (χ1v) is 8.68. The fourth-order valence-electron chi connectivity index (χ4n) is 2.25. The molecule has 0 amide bonds. The van der Waals surface area contributed by atoms with Gasteiger partial charge in [0.15, 0.2) is 0 Å². The molecule has 0 spiro atoms. The summed E-state index contributed by atoms with van der Waals surface area (Å²) in [5, 5.41) is 1.91. The molecule has 0 radical (unpaired) electrons. The molecule has 1 aliphatic heterocycles. The molecule has 1 aliphatic rings. The quantitative estimate of drug-likeness (QED) is 0.440. The molecule has 1 saturated heterocycles. The van der Waals surface area contributed by atoms with E-state index >= 15 is 0 Å². The molecule has 0 aliphatic carbocycles. The average molecular weight is 216 g/mol. The fourth-order valence-corrected chi connectivity index (χ4v) is 4.27. The first kappa shape index (κ1) is 12.2. The van der Waals surface area contributed by atoms with Crippen molar-refractivity contribution in [1.29, 1.82) is 0 Å². The van der Waals surface area contributed by atoms with Gasteiger partial charge in [0.05, 0.1) is 8.80 Å². The van der Waals surface area contributed by atoms with E-state index in [0.29, 0.717) is 0 Å². The zero-order valence-electron chi connectivity index (χ0n) is 9.75. The number of hydrogen-bond acceptors (Lipinski definition) is 3. The van der Waals surface area contributed by atoms with E-state index in [1.54, 1.807) is 0 Å². The molecular formula is C10H24N2OSi. The lowest BCUT2D eigenvalue weighted by molar-refractivity contribution is -0.127. The molecule has 1 rings (SSSR count). The van der Waals surface area contributed by atoms with E-state index in [9.17, 15) is 0 Å². The molecule has 1 atom stereocenters. The van der Waals surface area contributed by atoms with E-state index in [-0.39, 0.29) is 5.35 Å². The van der Waals surface area contributed by atoms with Gasteiger partial charge in [-0.3, -0.25) is 5.84 Å². The minimum atomic E-state index is -0.898. The highest BCUT2D eigenvalue weighted by Gasteiger charge is 2.41.